The summed E-state index contributed by atoms with van der Waals surface area (Å²) in [4.78, 5) is 43.2. The summed E-state index contributed by atoms with van der Waals surface area (Å²) in [5.74, 6) is 1.17. The standard InChI is InChI=1S/C26H28N2O5S/c1-16-20-15-23-22(32-11-5-12-33-23)14-17(20)8-10-27(16)26(31)21(9-13-34-2)28-24(29)18-6-3-4-7-19(18)25(28)30/h3-4,6-7,14-16,21H,5,8-13H2,1-2H3/t16-,21-/m0/s1. The van der Waals surface area contributed by atoms with Crippen molar-refractivity contribution in [2.24, 2.45) is 0 Å². The quantitative estimate of drug-likeness (QED) is 0.608. The molecule has 0 unspecified atom stereocenters. The molecule has 0 radical (unpaired) electrons. The van der Waals surface area contributed by atoms with Gasteiger partial charge in [-0.2, -0.15) is 11.8 Å². The van der Waals surface area contributed by atoms with Crippen LogP contribution in [0, 0.1) is 0 Å². The van der Waals surface area contributed by atoms with E-state index in [1.54, 1.807) is 40.9 Å². The van der Waals surface area contributed by atoms with Crippen LogP contribution in [0.2, 0.25) is 0 Å². The highest BCUT2D eigenvalue weighted by Gasteiger charge is 2.44. The molecule has 3 aliphatic rings. The van der Waals surface area contributed by atoms with Crippen LogP contribution in [0.5, 0.6) is 11.5 Å². The first-order valence-corrected chi connectivity index (χ1v) is 13.1. The molecule has 0 saturated carbocycles. The Morgan fingerprint density at radius 1 is 1.09 bits per heavy atom. The average molecular weight is 481 g/mol. The lowest BCUT2D eigenvalue weighted by molar-refractivity contribution is -0.138. The van der Waals surface area contributed by atoms with E-state index in [1.165, 1.54) is 4.90 Å². The van der Waals surface area contributed by atoms with E-state index in [-0.39, 0.29) is 23.8 Å². The Balaban J connectivity index is 1.45. The normalized spacial score (nSPS) is 20.0. The minimum Gasteiger partial charge on any atom is -0.490 e. The Labute approximate surface area is 203 Å². The van der Waals surface area contributed by atoms with E-state index in [0.717, 1.165) is 23.3 Å². The molecule has 3 aliphatic heterocycles. The van der Waals surface area contributed by atoms with E-state index in [2.05, 4.69) is 0 Å². The topological polar surface area (TPSA) is 76.2 Å². The van der Waals surface area contributed by atoms with Crippen molar-refractivity contribution in [1.82, 2.24) is 9.80 Å². The van der Waals surface area contributed by atoms with Crippen LogP contribution in [0.4, 0.5) is 0 Å². The number of carbonyl (C=O) groups excluding carboxylic acids is 3. The molecule has 0 aliphatic carbocycles. The van der Waals surface area contributed by atoms with Gasteiger partial charge in [0.1, 0.15) is 6.04 Å². The van der Waals surface area contributed by atoms with Crippen molar-refractivity contribution in [2.75, 3.05) is 31.8 Å². The summed E-state index contributed by atoms with van der Waals surface area (Å²) in [7, 11) is 0. The van der Waals surface area contributed by atoms with Crippen LogP contribution in [0.3, 0.4) is 0 Å². The van der Waals surface area contributed by atoms with Crippen LogP contribution in [0.25, 0.3) is 0 Å². The Morgan fingerprint density at radius 3 is 2.38 bits per heavy atom. The number of rotatable bonds is 5. The fraction of sp³-hybridized carbons (Fsp3) is 0.423. The maximum Gasteiger partial charge on any atom is 0.262 e. The smallest absolute Gasteiger partial charge is 0.262 e. The van der Waals surface area contributed by atoms with Crippen LogP contribution >= 0.6 is 11.8 Å². The molecule has 0 aromatic heterocycles. The summed E-state index contributed by atoms with van der Waals surface area (Å²) in [5.41, 5.74) is 2.90. The summed E-state index contributed by atoms with van der Waals surface area (Å²) in [6.45, 7) is 3.74. The highest BCUT2D eigenvalue weighted by Crippen LogP contribution is 2.40. The zero-order chi connectivity index (χ0) is 23.8. The van der Waals surface area contributed by atoms with Crippen LogP contribution in [-0.2, 0) is 11.2 Å². The van der Waals surface area contributed by atoms with Gasteiger partial charge in [0.05, 0.1) is 30.4 Å². The second kappa shape index (κ2) is 9.33. The summed E-state index contributed by atoms with van der Waals surface area (Å²) >= 11 is 1.60. The number of imide groups is 1. The van der Waals surface area contributed by atoms with Gasteiger partial charge in [-0.25, -0.2) is 0 Å². The number of benzene rings is 2. The van der Waals surface area contributed by atoms with Crippen LogP contribution in [-0.4, -0.2) is 65.3 Å². The van der Waals surface area contributed by atoms with E-state index in [9.17, 15) is 14.4 Å². The third kappa shape index (κ3) is 3.83. The lowest BCUT2D eigenvalue weighted by atomic mass is 9.92. The first kappa shape index (κ1) is 22.8. The Hall–Kier alpha value is -3.00. The summed E-state index contributed by atoms with van der Waals surface area (Å²) in [6.07, 6.45) is 3.89. The molecular formula is C26H28N2O5S. The maximum atomic E-state index is 13.9. The number of ether oxygens (including phenoxy) is 2. The Kier molecular flexibility index (Phi) is 6.25. The Morgan fingerprint density at radius 2 is 1.74 bits per heavy atom. The molecule has 5 rings (SSSR count). The SMILES string of the molecule is CSCC[C@@H](C(=O)N1CCc2cc3c(cc2[C@@H]1C)OCCCO3)N1C(=O)c2ccccc2C1=O. The average Bonchev–Trinajstić information content (AvgIpc) is 2.98. The maximum absolute atomic E-state index is 13.9. The Bertz CT molecular complexity index is 1120. The van der Waals surface area contributed by atoms with Crippen LogP contribution in [0.1, 0.15) is 57.7 Å². The molecule has 34 heavy (non-hydrogen) atoms. The number of fused-ring (bicyclic) bond motifs is 3. The zero-order valence-electron chi connectivity index (χ0n) is 19.4. The van der Waals surface area contributed by atoms with Crippen molar-refractivity contribution in [3.8, 4) is 11.5 Å². The molecule has 3 heterocycles. The van der Waals surface area contributed by atoms with Gasteiger partial charge >= 0.3 is 0 Å². The van der Waals surface area contributed by atoms with Gasteiger partial charge < -0.3 is 14.4 Å². The van der Waals surface area contributed by atoms with Crippen molar-refractivity contribution in [3.63, 3.8) is 0 Å². The fourth-order valence-corrected chi connectivity index (χ4v) is 5.51. The molecule has 3 amide bonds. The molecule has 0 fully saturated rings. The predicted octanol–water partition coefficient (Wildman–Crippen LogP) is 3.71. The lowest BCUT2D eigenvalue weighted by Crippen LogP contribution is -2.53. The molecule has 0 spiro atoms. The van der Waals surface area contributed by atoms with Crippen molar-refractivity contribution in [2.45, 2.75) is 38.3 Å². The van der Waals surface area contributed by atoms with Crippen molar-refractivity contribution in [3.05, 3.63) is 58.7 Å². The van der Waals surface area contributed by atoms with Gasteiger partial charge in [-0.3, -0.25) is 19.3 Å². The molecule has 7 nitrogen and oxygen atoms in total. The fourth-order valence-electron chi connectivity index (χ4n) is 5.05. The minimum atomic E-state index is -0.829. The van der Waals surface area contributed by atoms with Gasteiger partial charge in [0.25, 0.3) is 11.8 Å². The summed E-state index contributed by atoms with van der Waals surface area (Å²) < 4.78 is 11.7. The number of amides is 3. The van der Waals surface area contributed by atoms with E-state index in [1.807, 2.05) is 25.3 Å². The summed E-state index contributed by atoms with van der Waals surface area (Å²) in [6, 6.07) is 9.76. The van der Waals surface area contributed by atoms with Crippen LogP contribution in [0.15, 0.2) is 36.4 Å². The van der Waals surface area contributed by atoms with Crippen molar-refractivity contribution < 1.29 is 23.9 Å². The van der Waals surface area contributed by atoms with Crippen LogP contribution < -0.4 is 9.47 Å². The zero-order valence-corrected chi connectivity index (χ0v) is 20.2. The molecule has 2 aromatic carbocycles. The number of carbonyl (C=O) groups is 3. The van der Waals surface area contributed by atoms with E-state index < -0.39 is 6.04 Å². The van der Waals surface area contributed by atoms with E-state index in [4.69, 9.17) is 9.47 Å². The van der Waals surface area contributed by atoms with Crippen molar-refractivity contribution >= 4 is 29.5 Å². The lowest BCUT2D eigenvalue weighted by Gasteiger charge is -2.39. The number of hydrogen-bond acceptors (Lipinski definition) is 6. The highest BCUT2D eigenvalue weighted by atomic mass is 32.2. The predicted molar refractivity (Wildman–Crippen MR) is 130 cm³/mol. The minimum absolute atomic E-state index is 0.186. The summed E-state index contributed by atoms with van der Waals surface area (Å²) in [5, 5.41) is 0. The monoisotopic (exact) mass is 480 g/mol. The highest BCUT2D eigenvalue weighted by molar-refractivity contribution is 7.98. The molecule has 0 bridgehead atoms. The second-order valence-corrected chi connectivity index (χ2v) is 9.81. The molecule has 2 aromatic rings. The molecule has 178 valence electrons. The molecule has 0 saturated heterocycles. The molecular weight excluding hydrogens is 452 g/mol. The number of thioether (sulfide) groups is 1. The first-order valence-electron chi connectivity index (χ1n) is 11.7. The van der Waals surface area contributed by atoms with Gasteiger partial charge in [0.15, 0.2) is 11.5 Å². The third-order valence-electron chi connectivity index (χ3n) is 6.85. The second-order valence-electron chi connectivity index (χ2n) is 8.83. The van der Waals surface area contributed by atoms with Gasteiger partial charge in [-0.15, -0.1) is 0 Å². The molecule has 0 N–H and O–H groups in total. The first-order chi connectivity index (χ1) is 16.5. The molecule has 2 atom stereocenters. The van der Waals surface area contributed by atoms with Gasteiger partial charge in [-0.05, 0) is 67.2 Å². The van der Waals surface area contributed by atoms with E-state index >= 15 is 0 Å². The number of nitrogens with zero attached hydrogens (tertiary/aromatic N) is 2. The van der Waals surface area contributed by atoms with Crippen molar-refractivity contribution in [1.29, 1.82) is 0 Å². The van der Waals surface area contributed by atoms with E-state index in [0.29, 0.717) is 55.2 Å². The molecule has 8 heteroatoms. The van der Waals surface area contributed by atoms with Gasteiger partial charge in [0, 0.05) is 13.0 Å². The number of hydrogen-bond donors (Lipinski definition) is 0. The van der Waals surface area contributed by atoms with Gasteiger partial charge in [-0.1, -0.05) is 12.1 Å². The largest absolute Gasteiger partial charge is 0.490 e. The van der Waals surface area contributed by atoms with Gasteiger partial charge in [0.2, 0.25) is 5.91 Å². The third-order valence-corrected chi connectivity index (χ3v) is 7.49.